The summed E-state index contributed by atoms with van der Waals surface area (Å²) in [6.45, 7) is -0.462. The zero-order valence-corrected chi connectivity index (χ0v) is 24.5. The standard InChI is InChI=1S/C30H29F4NO6S2/c31-24-7-11-26(12-8-24)43(39,40)29(15-16-35(20-29)28(36)21-13-17-42(37,38)18-14-21)23-5-9-25(10-6-23)41-19-22-3-1-2-4-27(22)30(32,33)34/h1-12,21H,13-20H2/t29-/m0/s1. The number of benzene rings is 3. The number of rotatable bonds is 7. The van der Waals surface area contributed by atoms with Crippen LogP contribution in [0.1, 0.15) is 36.0 Å². The predicted molar refractivity (Wildman–Crippen MR) is 150 cm³/mol. The van der Waals surface area contributed by atoms with Crippen molar-refractivity contribution in [3.05, 3.63) is 95.3 Å². The summed E-state index contributed by atoms with van der Waals surface area (Å²) in [5.74, 6) is -1.46. The molecule has 0 N–H and O–H groups in total. The Morgan fingerprint density at radius 2 is 1.58 bits per heavy atom. The predicted octanol–water partition coefficient (Wildman–Crippen LogP) is 5.15. The van der Waals surface area contributed by atoms with Crippen molar-refractivity contribution in [1.29, 1.82) is 0 Å². The van der Waals surface area contributed by atoms with Gasteiger partial charge in [-0.25, -0.2) is 21.2 Å². The summed E-state index contributed by atoms with van der Waals surface area (Å²) in [6, 6.07) is 15.4. The molecule has 0 unspecified atom stereocenters. The summed E-state index contributed by atoms with van der Waals surface area (Å²) in [5.41, 5.74) is -0.543. The van der Waals surface area contributed by atoms with Gasteiger partial charge < -0.3 is 9.64 Å². The van der Waals surface area contributed by atoms with Crippen molar-refractivity contribution < 1.29 is 43.9 Å². The van der Waals surface area contributed by atoms with Crippen LogP contribution < -0.4 is 4.74 Å². The van der Waals surface area contributed by atoms with Crippen LogP contribution in [0.3, 0.4) is 0 Å². The van der Waals surface area contributed by atoms with E-state index in [-0.39, 0.29) is 72.6 Å². The Morgan fingerprint density at radius 3 is 2.21 bits per heavy atom. The number of alkyl halides is 3. The minimum absolute atomic E-state index is 0.0304. The van der Waals surface area contributed by atoms with Crippen molar-refractivity contribution in [2.45, 2.75) is 41.7 Å². The topological polar surface area (TPSA) is 97.8 Å². The van der Waals surface area contributed by atoms with Gasteiger partial charge in [0.1, 0.15) is 32.8 Å². The van der Waals surface area contributed by atoms with Crippen LogP contribution in [0.15, 0.2) is 77.7 Å². The van der Waals surface area contributed by atoms with Gasteiger partial charge in [0.05, 0.1) is 22.0 Å². The second kappa shape index (κ2) is 11.6. The molecule has 1 atom stereocenters. The fourth-order valence-electron chi connectivity index (χ4n) is 5.75. The number of ether oxygens (including phenoxy) is 1. The number of amides is 1. The van der Waals surface area contributed by atoms with Gasteiger partial charge in [-0.2, -0.15) is 13.2 Å². The summed E-state index contributed by atoms with van der Waals surface area (Å²) in [4.78, 5) is 14.7. The lowest BCUT2D eigenvalue weighted by atomic mass is 9.97. The van der Waals surface area contributed by atoms with E-state index in [0.717, 1.165) is 18.2 Å². The Balaban J connectivity index is 1.43. The molecule has 2 heterocycles. The highest BCUT2D eigenvalue weighted by Gasteiger charge is 2.52. The summed E-state index contributed by atoms with van der Waals surface area (Å²) in [6.07, 6.45) is -4.19. The molecule has 0 aromatic heterocycles. The molecule has 43 heavy (non-hydrogen) atoms. The third kappa shape index (κ3) is 6.28. The first-order valence-corrected chi connectivity index (χ1v) is 16.9. The van der Waals surface area contributed by atoms with Gasteiger partial charge in [0.2, 0.25) is 5.91 Å². The third-order valence-corrected chi connectivity index (χ3v) is 12.4. The molecule has 0 aliphatic carbocycles. The maximum absolute atomic E-state index is 14.1. The van der Waals surface area contributed by atoms with Crippen LogP contribution in [0, 0.1) is 11.7 Å². The number of carbonyl (C=O) groups excluding carboxylic acids is 1. The van der Waals surface area contributed by atoms with Gasteiger partial charge >= 0.3 is 6.18 Å². The molecule has 0 spiro atoms. The van der Waals surface area contributed by atoms with Gasteiger partial charge in [-0.05, 0) is 67.3 Å². The summed E-state index contributed by atoms with van der Waals surface area (Å²) >= 11 is 0. The largest absolute Gasteiger partial charge is 0.489 e. The fraction of sp³-hybridized carbons (Fsp3) is 0.367. The van der Waals surface area contributed by atoms with Crippen LogP contribution in [-0.2, 0) is 42.0 Å². The highest BCUT2D eigenvalue weighted by atomic mass is 32.2. The van der Waals surface area contributed by atoms with Crippen molar-refractivity contribution in [2.75, 3.05) is 24.6 Å². The van der Waals surface area contributed by atoms with E-state index in [1.165, 1.54) is 59.5 Å². The van der Waals surface area contributed by atoms with Gasteiger partial charge in [-0.15, -0.1) is 0 Å². The van der Waals surface area contributed by atoms with Crippen LogP contribution in [0.25, 0.3) is 0 Å². The van der Waals surface area contributed by atoms with Gasteiger partial charge in [0.15, 0.2) is 9.84 Å². The molecule has 0 bridgehead atoms. The smallest absolute Gasteiger partial charge is 0.416 e. The van der Waals surface area contributed by atoms with E-state index in [2.05, 4.69) is 0 Å². The molecule has 2 aliphatic rings. The van der Waals surface area contributed by atoms with Crippen LogP contribution in [-0.4, -0.2) is 52.2 Å². The van der Waals surface area contributed by atoms with Crippen molar-refractivity contribution in [2.24, 2.45) is 5.92 Å². The lowest BCUT2D eigenvalue weighted by Gasteiger charge is -2.31. The highest BCUT2D eigenvalue weighted by Crippen LogP contribution is 2.44. The lowest BCUT2D eigenvalue weighted by Crippen LogP contribution is -2.43. The molecule has 1 amide bonds. The van der Waals surface area contributed by atoms with Crippen LogP contribution in [0.2, 0.25) is 0 Å². The first-order valence-electron chi connectivity index (χ1n) is 13.6. The number of hydrogen-bond acceptors (Lipinski definition) is 6. The summed E-state index contributed by atoms with van der Waals surface area (Å²) in [5, 5.41) is 0. The van der Waals surface area contributed by atoms with Crippen LogP contribution in [0.5, 0.6) is 5.75 Å². The molecule has 230 valence electrons. The third-order valence-electron chi connectivity index (χ3n) is 8.18. The van der Waals surface area contributed by atoms with E-state index in [1.54, 1.807) is 0 Å². The number of likely N-dealkylation sites (tertiary alicyclic amines) is 1. The molecular formula is C30H29F4NO6S2. The zero-order chi connectivity index (χ0) is 31.0. The summed E-state index contributed by atoms with van der Waals surface area (Å²) < 4.78 is 110. The second-order valence-corrected chi connectivity index (χ2v) is 15.4. The second-order valence-electron chi connectivity index (χ2n) is 10.9. The minimum Gasteiger partial charge on any atom is -0.489 e. The van der Waals surface area contributed by atoms with Gasteiger partial charge in [-0.3, -0.25) is 4.79 Å². The Hall–Kier alpha value is -3.45. The first-order chi connectivity index (χ1) is 20.2. The Kier molecular flexibility index (Phi) is 8.34. The number of sulfone groups is 2. The van der Waals surface area contributed by atoms with Gasteiger partial charge in [-0.1, -0.05) is 30.3 Å². The number of halogens is 4. The first kappa shape index (κ1) is 31.0. The van der Waals surface area contributed by atoms with Crippen LogP contribution in [0.4, 0.5) is 17.6 Å². The lowest BCUT2D eigenvalue weighted by molar-refractivity contribution is -0.138. The molecule has 2 fully saturated rings. The molecule has 13 heteroatoms. The van der Waals surface area contributed by atoms with E-state index in [0.29, 0.717) is 5.56 Å². The van der Waals surface area contributed by atoms with Crippen molar-refractivity contribution in [1.82, 2.24) is 4.90 Å². The van der Waals surface area contributed by atoms with E-state index in [1.807, 2.05) is 0 Å². The van der Waals surface area contributed by atoms with Crippen molar-refractivity contribution in [3.63, 3.8) is 0 Å². The maximum Gasteiger partial charge on any atom is 0.416 e. The SMILES string of the molecule is O=C(C1CCS(=O)(=O)CC1)N1CC[C@](c2ccc(OCc3ccccc3C(F)(F)F)cc2)(S(=O)(=O)c2ccc(F)cc2)C1. The normalized spacial score (nSPS) is 21.1. The minimum atomic E-state index is -4.55. The molecule has 5 rings (SSSR count). The van der Waals surface area contributed by atoms with Crippen LogP contribution >= 0.6 is 0 Å². The quantitative estimate of drug-likeness (QED) is 0.262. The monoisotopic (exact) mass is 639 g/mol. The number of carbonyl (C=O) groups is 1. The maximum atomic E-state index is 14.1. The van der Waals surface area contributed by atoms with E-state index in [4.69, 9.17) is 4.74 Å². The highest BCUT2D eigenvalue weighted by molar-refractivity contribution is 7.92. The van der Waals surface area contributed by atoms with Crippen molar-refractivity contribution >= 4 is 25.6 Å². The molecule has 0 radical (unpaired) electrons. The van der Waals surface area contributed by atoms with E-state index in [9.17, 15) is 39.2 Å². The van der Waals surface area contributed by atoms with Gasteiger partial charge in [0, 0.05) is 24.6 Å². The average molecular weight is 640 g/mol. The van der Waals surface area contributed by atoms with Gasteiger partial charge in [0.25, 0.3) is 0 Å². The fourth-order valence-corrected chi connectivity index (χ4v) is 9.32. The molecule has 3 aromatic rings. The van der Waals surface area contributed by atoms with E-state index >= 15 is 0 Å². The average Bonchev–Trinajstić information content (AvgIpc) is 3.43. The van der Waals surface area contributed by atoms with Crippen molar-refractivity contribution in [3.8, 4) is 5.75 Å². The van der Waals surface area contributed by atoms with E-state index < -0.39 is 47.9 Å². The Bertz CT molecular complexity index is 1690. The summed E-state index contributed by atoms with van der Waals surface area (Å²) in [7, 11) is -7.40. The number of hydrogen-bond donors (Lipinski definition) is 0. The molecule has 3 aromatic carbocycles. The molecule has 2 aliphatic heterocycles. The Morgan fingerprint density at radius 1 is 0.953 bits per heavy atom. The molecule has 7 nitrogen and oxygen atoms in total. The Labute approximate surface area is 247 Å². The molecular weight excluding hydrogens is 610 g/mol. The zero-order valence-electron chi connectivity index (χ0n) is 22.9. The number of nitrogens with zero attached hydrogens (tertiary/aromatic N) is 1. The molecule has 2 saturated heterocycles. The molecule has 0 saturated carbocycles.